The van der Waals surface area contributed by atoms with Crippen molar-refractivity contribution < 1.29 is 18.8 Å². The van der Waals surface area contributed by atoms with Crippen LogP contribution in [-0.2, 0) is 4.74 Å². The van der Waals surface area contributed by atoms with Crippen LogP contribution < -0.4 is 4.74 Å². The van der Waals surface area contributed by atoms with Gasteiger partial charge in [0.15, 0.2) is 6.79 Å². The Labute approximate surface area is 89.5 Å². The maximum atomic E-state index is 13.1. The van der Waals surface area contributed by atoms with Gasteiger partial charge < -0.3 is 9.47 Å². The van der Waals surface area contributed by atoms with E-state index in [4.69, 9.17) is 16.3 Å². The first-order valence-electron chi connectivity index (χ1n) is 3.81. The molecule has 0 unspecified atom stereocenters. The molecule has 0 heterocycles. The van der Waals surface area contributed by atoms with E-state index >= 15 is 0 Å². The highest BCUT2D eigenvalue weighted by atomic mass is 35.5. The van der Waals surface area contributed by atoms with Crippen LogP contribution in [0.1, 0.15) is 0 Å². The van der Waals surface area contributed by atoms with Crippen molar-refractivity contribution in [3.63, 3.8) is 0 Å². The largest absolute Gasteiger partial charge is 0.467 e. The van der Waals surface area contributed by atoms with Crippen LogP contribution in [0.3, 0.4) is 0 Å². The summed E-state index contributed by atoms with van der Waals surface area (Å²) in [5, 5.41) is 10.1. The normalized spacial score (nSPS) is 10.1. The van der Waals surface area contributed by atoms with E-state index in [2.05, 4.69) is 4.74 Å². The van der Waals surface area contributed by atoms with E-state index in [0.29, 0.717) is 0 Å². The molecule has 0 atom stereocenters. The zero-order valence-corrected chi connectivity index (χ0v) is 8.45. The number of hydrogen-bond donors (Lipinski definition) is 0. The fourth-order valence-electron chi connectivity index (χ4n) is 0.894. The molecule has 0 aliphatic rings. The molecule has 1 aromatic carbocycles. The van der Waals surface area contributed by atoms with Gasteiger partial charge in [-0.05, 0) is 0 Å². The summed E-state index contributed by atoms with van der Waals surface area (Å²) in [4.78, 5) is 9.55. The lowest BCUT2D eigenvalue weighted by Crippen LogP contribution is -2.01. The minimum atomic E-state index is -1.08. The van der Waals surface area contributed by atoms with Crippen LogP contribution in [-0.4, -0.2) is 18.8 Å². The van der Waals surface area contributed by atoms with E-state index in [1.54, 1.807) is 0 Å². The molecule has 1 rings (SSSR count). The zero-order valence-electron chi connectivity index (χ0n) is 7.70. The molecular formula is C8H7ClFNO4. The first-order chi connectivity index (χ1) is 7.06. The Morgan fingerprint density at radius 2 is 2.27 bits per heavy atom. The predicted octanol–water partition coefficient (Wildman–Crippen LogP) is 2.37. The summed E-state index contributed by atoms with van der Waals surface area (Å²) in [6.45, 7) is -0.0981. The smallest absolute Gasteiger partial charge is 0.310 e. The van der Waals surface area contributed by atoms with Crippen LogP contribution in [0.4, 0.5) is 10.1 Å². The second-order valence-corrected chi connectivity index (χ2v) is 2.95. The third-order valence-corrected chi connectivity index (χ3v) is 1.80. The number of nitrogens with zero attached hydrogens (tertiary/aromatic N) is 1. The summed E-state index contributed by atoms with van der Waals surface area (Å²) >= 11 is 5.44. The molecular weight excluding hydrogens is 229 g/mol. The maximum Gasteiger partial charge on any atom is 0.310 e. The molecule has 0 spiro atoms. The van der Waals surface area contributed by atoms with Crippen LogP contribution in [0.2, 0.25) is 5.02 Å². The van der Waals surface area contributed by atoms with Gasteiger partial charge >= 0.3 is 5.69 Å². The summed E-state index contributed by atoms with van der Waals surface area (Å²) in [7, 11) is 1.39. The van der Waals surface area contributed by atoms with Gasteiger partial charge in [0.1, 0.15) is 5.75 Å². The Hall–Kier alpha value is -1.40. The molecule has 0 saturated heterocycles. The van der Waals surface area contributed by atoms with Crippen molar-refractivity contribution in [2.75, 3.05) is 13.9 Å². The molecule has 1 aromatic rings. The van der Waals surface area contributed by atoms with Gasteiger partial charge in [0.2, 0.25) is 5.82 Å². The van der Waals surface area contributed by atoms with Gasteiger partial charge in [-0.3, -0.25) is 10.1 Å². The maximum absolute atomic E-state index is 13.1. The second-order valence-electron chi connectivity index (χ2n) is 2.55. The standard InChI is InChI=1S/C8H7ClFNO4/c1-14-4-15-5-2-6(9)8(10)7(3-5)11(12)13/h2-3H,4H2,1H3. The minimum Gasteiger partial charge on any atom is -0.467 e. The summed E-state index contributed by atoms with van der Waals surface area (Å²) in [5.41, 5.74) is -0.728. The average molecular weight is 236 g/mol. The van der Waals surface area contributed by atoms with Crippen LogP contribution >= 0.6 is 11.6 Å². The fraction of sp³-hybridized carbons (Fsp3) is 0.250. The van der Waals surface area contributed by atoms with Gasteiger partial charge in [-0.25, -0.2) is 0 Å². The van der Waals surface area contributed by atoms with Crippen molar-refractivity contribution in [2.24, 2.45) is 0 Å². The van der Waals surface area contributed by atoms with Gasteiger partial charge in [0.25, 0.3) is 0 Å². The lowest BCUT2D eigenvalue weighted by molar-refractivity contribution is -0.387. The first kappa shape index (κ1) is 11.7. The van der Waals surface area contributed by atoms with Gasteiger partial charge in [-0.2, -0.15) is 4.39 Å². The molecule has 82 valence electrons. The number of benzene rings is 1. The predicted molar refractivity (Wildman–Crippen MR) is 50.6 cm³/mol. The SMILES string of the molecule is COCOc1cc(Cl)c(F)c([N+](=O)[O-])c1. The summed E-state index contributed by atoms with van der Waals surface area (Å²) < 4.78 is 22.6. The minimum absolute atomic E-state index is 0.0787. The Morgan fingerprint density at radius 1 is 1.60 bits per heavy atom. The fourth-order valence-corrected chi connectivity index (χ4v) is 1.10. The van der Waals surface area contributed by atoms with Crippen LogP contribution in [0.15, 0.2) is 12.1 Å². The Bertz CT molecular complexity index is 385. The molecule has 0 bridgehead atoms. The molecule has 0 saturated carbocycles. The molecule has 0 fully saturated rings. The average Bonchev–Trinajstić information content (AvgIpc) is 2.19. The molecule has 0 aliphatic carbocycles. The van der Waals surface area contributed by atoms with Gasteiger partial charge in [-0.15, -0.1) is 0 Å². The highest BCUT2D eigenvalue weighted by Gasteiger charge is 2.19. The van der Waals surface area contributed by atoms with E-state index in [-0.39, 0.29) is 17.6 Å². The summed E-state index contributed by atoms with van der Waals surface area (Å²) in [6, 6.07) is 2.09. The number of rotatable bonds is 4. The first-order valence-corrected chi connectivity index (χ1v) is 4.19. The highest BCUT2D eigenvalue weighted by Crippen LogP contribution is 2.30. The quantitative estimate of drug-likeness (QED) is 0.457. The molecule has 0 aliphatic heterocycles. The monoisotopic (exact) mass is 235 g/mol. The van der Waals surface area contributed by atoms with E-state index < -0.39 is 16.4 Å². The molecule has 15 heavy (non-hydrogen) atoms. The van der Waals surface area contributed by atoms with Crippen molar-refractivity contribution >= 4 is 17.3 Å². The Kier molecular flexibility index (Phi) is 3.81. The number of ether oxygens (including phenoxy) is 2. The number of halogens is 2. The van der Waals surface area contributed by atoms with Gasteiger partial charge in [0, 0.05) is 13.2 Å². The molecule has 0 amide bonds. The van der Waals surface area contributed by atoms with Gasteiger partial charge in [0.05, 0.1) is 16.0 Å². The van der Waals surface area contributed by atoms with E-state index in [1.165, 1.54) is 7.11 Å². The number of methoxy groups -OCH3 is 1. The van der Waals surface area contributed by atoms with Crippen molar-refractivity contribution in [1.82, 2.24) is 0 Å². The molecule has 0 radical (unpaired) electrons. The molecule has 7 heteroatoms. The summed E-state index contributed by atoms with van der Waals surface area (Å²) in [5.74, 6) is -0.999. The van der Waals surface area contributed by atoms with Crippen LogP contribution in [0, 0.1) is 15.9 Å². The molecule has 5 nitrogen and oxygen atoms in total. The van der Waals surface area contributed by atoms with Crippen molar-refractivity contribution in [3.05, 3.63) is 33.1 Å². The highest BCUT2D eigenvalue weighted by molar-refractivity contribution is 6.31. The van der Waals surface area contributed by atoms with Crippen molar-refractivity contribution in [1.29, 1.82) is 0 Å². The van der Waals surface area contributed by atoms with Crippen molar-refractivity contribution in [2.45, 2.75) is 0 Å². The van der Waals surface area contributed by atoms with E-state index in [9.17, 15) is 14.5 Å². The number of hydrogen-bond acceptors (Lipinski definition) is 4. The van der Waals surface area contributed by atoms with Gasteiger partial charge in [-0.1, -0.05) is 11.6 Å². The summed E-state index contributed by atoms with van der Waals surface area (Å²) in [6.07, 6.45) is 0. The third-order valence-electron chi connectivity index (χ3n) is 1.52. The topological polar surface area (TPSA) is 61.6 Å². The second kappa shape index (κ2) is 4.90. The lowest BCUT2D eigenvalue weighted by Gasteiger charge is -2.05. The van der Waals surface area contributed by atoms with Crippen molar-refractivity contribution in [3.8, 4) is 5.75 Å². The third kappa shape index (κ3) is 2.77. The zero-order chi connectivity index (χ0) is 11.4. The van der Waals surface area contributed by atoms with Crippen LogP contribution in [0.5, 0.6) is 5.75 Å². The Balaban J connectivity index is 3.06. The van der Waals surface area contributed by atoms with E-state index in [1.807, 2.05) is 0 Å². The Morgan fingerprint density at radius 3 is 2.80 bits per heavy atom. The lowest BCUT2D eigenvalue weighted by atomic mass is 10.3. The van der Waals surface area contributed by atoms with E-state index in [0.717, 1.165) is 12.1 Å². The molecule has 0 N–H and O–H groups in total. The molecule has 0 aromatic heterocycles. The number of nitro benzene ring substituents is 1. The number of nitro groups is 1. The van der Waals surface area contributed by atoms with Crippen LogP contribution in [0.25, 0.3) is 0 Å².